The Hall–Kier alpha value is -2.22. The first-order valence-electron chi connectivity index (χ1n) is 14.1. The van der Waals surface area contributed by atoms with Crippen LogP contribution >= 0.6 is 0 Å². The average molecular weight is 506 g/mol. The number of rotatable bonds is 1. The summed E-state index contributed by atoms with van der Waals surface area (Å²) >= 11 is 0. The third-order valence-electron chi connectivity index (χ3n) is 13.4. The highest BCUT2D eigenvalue weighted by molar-refractivity contribution is 6.05. The lowest BCUT2D eigenvalue weighted by Crippen LogP contribution is -2.69. The number of carbonyl (C=O) groups is 3. The number of fused-ring (bicyclic) bond motifs is 7. The zero-order valence-corrected chi connectivity index (χ0v) is 23.9. The maximum atomic E-state index is 14.5. The molecule has 0 spiro atoms. The van der Waals surface area contributed by atoms with Gasteiger partial charge in [0.2, 0.25) is 0 Å². The summed E-state index contributed by atoms with van der Waals surface area (Å²) in [6, 6.07) is 2.17. The monoisotopic (exact) mass is 505 g/mol. The van der Waals surface area contributed by atoms with Crippen LogP contribution in [-0.2, 0) is 14.4 Å². The number of ketones is 2. The molecular formula is C32H43NO4. The van der Waals surface area contributed by atoms with Gasteiger partial charge in [-0.3, -0.25) is 14.4 Å². The van der Waals surface area contributed by atoms with Gasteiger partial charge in [0, 0.05) is 16.2 Å². The number of carbonyl (C=O) groups excluding carboxylic acids is 2. The molecule has 5 aliphatic carbocycles. The molecule has 5 rings (SSSR count). The molecule has 4 unspecified atom stereocenters. The minimum Gasteiger partial charge on any atom is -0.481 e. The van der Waals surface area contributed by atoms with Gasteiger partial charge in [0.1, 0.15) is 6.07 Å². The summed E-state index contributed by atoms with van der Waals surface area (Å²) in [6.07, 6.45) is 9.41. The first-order valence-corrected chi connectivity index (χ1v) is 14.1. The molecule has 3 saturated carbocycles. The van der Waals surface area contributed by atoms with Gasteiger partial charge in [0.25, 0.3) is 0 Å². The van der Waals surface area contributed by atoms with Crippen LogP contribution in [0.2, 0.25) is 0 Å². The normalized spacial score (nSPS) is 50.4. The Kier molecular flexibility index (Phi) is 5.17. The van der Waals surface area contributed by atoms with Crippen molar-refractivity contribution in [2.75, 3.05) is 0 Å². The smallest absolute Gasteiger partial charge is 0.309 e. The molecule has 200 valence electrons. The van der Waals surface area contributed by atoms with Gasteiger partial charge in [-0.05, 0) is 86.0 Å². The predicted octanol–water partition coefficient (Wildman–Crippen LogP) is 6.68. The number of carboxylic acids is 1. The molecule has 0 aliphatic heterocycles. The number of hydrogen-bond acceptors (Lipinski definition) is 4. The van der Waals surface area contributed by atoms with Crippen molar-refractivity contribution >= 4 is 17.5 Å². The maximum absolute atomic E-state index is 14.5. The minimum absolute atomic E-state index is 0.0171. The third-order valence-corrected chi connectivity index (χ3v) is 13.4. The molecule has 0 aromatic rings. The van der Waals surface area contributed by atoms with Crippen LogP contribution < -0.4 is 0 Å². The Morgan fingerprint density at radius 3 is 2.16 bits per heavy atom. The molecule has 1 N–H and O–H groups in total. The van der Waals surface area contributed by atoms with Crippen LogP contribution in [0.4, 0.5) is 0 Å². The van der Waals surface area contributed by atoms with Gasteiger partial charge < -0.3 is 5.11 Å². The van der Waals surface area contributed by atoms with Crippen molar-refractivity contribution < 1.29 is 19.5 Å². The molecule has 37 heavy (non-hydrogen) atoms. The highest BCUT2D eigenvalue weighted by atomic mass is 16.4. The van der Waals surface area contributed by atoms with Gasteiger partial charge in [-0.1, -0.05) is 60.1 Å². The molecule has 0 aromatic carbocycles. The second kappa shape index (κ2) is 7.25. The van der Waals surface area contributed by atoms with Gasteiger partial charge in [-0.15, -0.1) is 0 Å². The van der Waals surface area contributed by atoms with E-state index < -0.39 is 27.6 Å². The quantitative estimate of drug-likeness (QED) is 0.429. The third kappa shape index (κ3) is 2.83. The molecule has 0 amide bonds. The fraction of sp³-hybridized carbons (Fsp3) is 0.750. The molecule has 5 aliphatic rings. The van der Waals surface area contributed by atoms with Crippen molar-refractivity contribution in [2.45, 2.75) is 100 Å². The van der Waals surface area contributed by atoms with Crippen molar-refractivity contribution in [1.82, 2.24) is 0 Å². The summed E-state index contributed by atoms with van der Waals surface area (Å²) in [7, 11) is 0. The van der Waals surface area contributed by atoms with E-state index in [0.717, 1.165) is 37.7 Å². The van der Waals surface area contributed by atoms with E-state index in [1.165, 1.54) is 0 Å². The minimum atomic E-state index is -0.821. The molecule has 0 saturated heterocycles. The van der Waals surface area contributed by atoms with Gasteiger partial charge in [-0.25, -0.2) is 0 Å². The van der Waals surface area contributed by atoms with Crippen molar-refractivity contribution in [3.05, 3.63) is 23.3 Å². The Bertz CT molecular complexity index is 1240. The standard InChI is InChI=1S/C32H43NO4/c1-26(2)20-9-10-30(6)21(29(20,5)16-19(18-33)24(26)35)15-23(34)32(8)22-17-28(4,25(36)37)12-11-27(22,3)13-14-31(30,32)7/h15-16,20,22H,9-14,17H2,1-8H3,(H,36,37)/t20?,22?,27?,28-,29-,30+,31-,32?/m0/s1. The summed E-state index contributed by atoms with van der Waals surface area (Å²) in [6.45, 7) is 17.0. The Balaban J connectivity index is 1.73. The maximum Gasteiger partial charge on any atom is 0.309 e. The van der Waals surface area contributed by atoms with Gasteiger partial charge >= 0.3 is 5.97 Å². The molecule has 0 radical (unpaired) electrons. The first-order chi connectivity index (χ1) is 16.9. The van der Waals surface area contributed by atoms with Crippen molar-refractivity contribution in [2.24, 2.45) is 49.7 Å². The van der Waals surface area contributed by atoms with E-state index in [1.54, 1.807) is 0 Å². The fourth-order valence-electron chi connectivity index (χ4n) is 10.5. The van der Waals surface area contributed by atoms with Gasteiger partial charge in [-0.2, -0.15) is 5.26 Å². The number of nitriles is 1. The first kappa shape index (κ1) is 26.4. The predicted molar refractivity (Wildman–Crippen MR) is 141 cm³/mol. The zero-order chi connectivity index (χ0) is 27.6. The molecule has 5 nitrogen and oxygen atoms in total. The van der Waals surface area contributed by atoms with Crippen LogP contribution in [0.5, 0.6) is 0 Å². The average Bonchev–Trinajstić information content (AvgIpc) is 2.82. The van der Waals surface area contributed by atoms with Crippen LogP contribution in [0, 0.1) is 61.1 Å². The molecule has 3 fully saturated rings. The van der Waals surface area contributed by atoms with E-state index in [9.17, 15) is 24.8 Å². The summed E-state index contributed by atoms with van der Waals surface area (Å²) < 4.78 is 0. The second-order valence-electron chi connectivity index (χ2n) is 15.2. The van der Waals surface area contributed by atoms with Crippen molar-refractivity contribution in [3.8, 4) is 6.07 Å². The van der Waals surface area contributed by atoms with Crippen molar-refractivity contribution in [1.29, 1.82) is 5.26 Å². The lowest BCUT2D eigenvalue weighted by Gasteiger charge is -2.72. The molecule has 0 aromatic heterocycles. The number of nitrogens with zero attached hydrogens (tertiary/aromatic N) is 1. The number of aliphatic carboxylic acids is 1. The highest BCUT2D eigenvalue weighted by Gasteiger charge is 2.74. The summed E-state index contributed by atoms with van der Waals surface area (Å²) in [4.78, 5) is 40.1. The summed E-state index contributed by atoms with van der Waals surface area (Å²) in [5.74, 6) is -0.744. The Morgan fingerprint density at radius 1 is 0.946 bits per heavy atom. The van der Waals surface area contributed by atoms with E-state index in [0.29, 0.717) is 12.8 Å². The molecular weight excluding hydrogens is 462 g/mol. The molecule has 8 atom stereocenters. The van der Waals surface area contributed by atoms with Crippen LogP contribution in [0.3, 0.4) is 0 Å². The zero-order valence-electron chi connectivity index (χ0n) is 23.9. The highest BCUT2D eigenvalue weighted by Crippen LogP contribution is 2.78. The van der Waals surface area contributed by atoms with Gasteiger partial charge in [0.05, 0.1) is 11.0 Å². The number of hydrogen-bond donors (Lipinski definition) is 1. The van der Waals surface area contributed by atoms with E-state index in [1.807, 2.05) is 32.9 Å². The number of Topliss-reactive ketones (excluding diaryl/α,β-unsaturated/α-hetero) is 1. The van der Waals surface area contributed by atoms with Crippen molar-refractivity contribution in [3.63, 3.8) is 0 Å². The van der Waals surface area contributed by atoms with Crippen LogP contribution in [-0.4, -0.2) is 22.6 Å². The largest absolute Gasteiger partial charge is 0.481 e. The topological polar surface area (TPSA) is 95.2 Å². The van der Waals surface area contributed by atoms with E-state index >= 15 is 0 Å². The fourth-order valence-corrected chi connectivity index (χ4v) is 10.5. The summed E-state index contributed by atoms with van der Waals surface area (Å²) in [5.41, 5.74) is -2.17. The molecule has 0 heterocycles. The van der Waals surface area contributed by atoms with E-state index in [2.05, 4.69) is 40.7 Å². The Morgan fingerprint density at radius 2 is 1.57 bits per heavy atom. The SMILES string of the molecule is CC12CC[C@](C)(C(=O)O)CC1C1(C)C(=O)C=C3[C@@]4(C)C=C(C#N)C(=O)C(C)(C)C4CC[C@@]3(C)[C@]1(C)CC2. The number of carboxylic acid groups (broad SMARTS) is 1. The molecule has 5 heteroatoms. The Labute approximate surface area is 221 Å². The lowest BCUT2D eigenvalue weighted by molar-refractivity contribution is -0.207. The summed E-state index contributed by atoms with van der Waals surface area (Å²) in [5, 5.41) is 20.0. The van der Waals surface area contributed by atoms with E-state index in [-0.39, 0.29) is 45.2 Å². The second-order valence-corrected chi connectivity index (χ2v) is 15.2. The van der Waals surface area contributed by atoms with E-state index in [4.69, 9.17) is 0 Å². The lowest BCUT2D eigenvalue weighted by atomic mass is 9.30. The van der Waals surface area contributed by atoms with Gasteiger partial charge in [0.15, 0.2) is 11.6 Å². The van der Waals surface area contributed by atoms with Crippen LogP contribution in [0.15, 0.2) is 23.3 Å². The number of allylic oxidation sites excluding steroid dienone is 4. The molecule has 0 bridgehead atoms. The van der Waals surface area contributed by atoms with Crippen LogP contribution in [0.25, 0.3) is 0 Å². The van der Waals surface area contributed by atoms with Crippen LogP contribution in [0.1, 0.15) is 100 Å².